The zero-order valence-corrected chi connectivity index (χ0v) is 20.2. The molecule has 3 heteroatoms. The van der Waals surface area contributed by atoms with Crippen LogP contribution in [0.15, 0.2) is 121 Å². The minimum absolute atomic E-state index is 0.0682. The fourth-order valence-electron chi connectivity index (χ4n) is 4.44. The monoisotopic (exact) mass is 450 g/mol. The van der Waals surface area contributed by atoms with Crippen molar-refractivity contribution in [3.05, 3.63) is 132 Å². The van der Waals surface area contributed by atoms with E-state index in [1.54, 1.807) is 6.92 Å². The Hall–Kier alpha value is -3.48. The predicted molar refractivity (Wildman–Crippen MR) is 143 cm³/mol. The molecule has 0 saturated carbocycles. The van der Waals surface area contributed by atoms with Crippen molar-refractivity contribution in [1.82, 2.24) is 0 Å². The molecule has 1 N–H and O–H groups in total. The summed E-state index contributed by atoms with van der Waals surface area (Å²) >= 11 is 0. The molecule has 0 aromatic heterocycles. The molecule has 0 fully saturated rings. The molecular formula is C30H29NOP+. The van der Waals surface area contributed by atoms with Gasteiger partial charge in [0.15, 0.2) is 11.1 Å². The molecule has 0 aliphatic rings. The number of benzene rings is 4. The van der Waals surface area contributed by atoms with Crippen LogP contribution in [-0.4, -0.2) is 5.78 Å². The number of ketones is 1. The van der Waals surface area contributed by atoms with E-state index in [0.29, 0.717) is 0 Å². The van der Waals surface area contributed by atoms with Crippen LogP contribution in [0.25, 0.3) is 0 Å². The number of rotatable bonds is 7. The van der Waals surface area contributed by atoms with Crippen molar-refractivity contribution in [1.29, 1.82) is 0 Å². The van der Waals surface area contributed by atoms with E-state index in [9.17, 15) is 4.79 Å². The number of Topliss-reactive ketones (excluding diaryl/α,β-unsaturated/α-hetero) is 1. The van der Waals surface area contributed by atoms with E-state index >= 15 is 0 Å². The molecule has 164 valence electrons. The molecule has 0 aliphatic heterocycles. The van der Waals surface area contributed by atoms with Crippen LogP contribution in [0.5, 0.6) is 0 Å². The van der Waals surface area contributed by atoms with E-state index in [4.69, 9.17) is 0 Å². The van der Waals surface area contributed by atoms with Crippen LogP contribution in [0.4, 0.5) is 5.69 Å². The third kappa shape index (κ3) is 4.40. The van der Waals surface area contributed by atoms with Crippen molar-refractivity contribution in [3.8, 4) is 0 Å². The summed E-state index contributed by atoms with van der Waals surface area (Å²) in [5.41, 5.74) is 3.35. The normalized spacial score (nSPS) is 11.8. The van der Waals surface area contributed by atoms with Crippen molar-refractivity contribution in [2.75, 3.05) is 5.32 Å². The molecule has 4 rings (SSSR count). The summed E-state index contributed by atoms with van der Waals surface area (Å²) in [4.78, 5) is 13.4. The Morgan fingerprint density at radius 1 is 0.636 bits per heavy atom. The van der Waals surface area contributed by atoms with Crippen LogP contribution >= 0.6 is 7.26 Å². The number of carbonyl (C=O) groups is 1. The first-order chi connectivity index (χ1) is 16.0. The smallest absolute Gasteiger partial charge is 0.197 e. The number of nitrogens with one attached hydrogen (secondary N) is 1. The van der Waals surface area contributed by atoms with Gasteiger partial charge in [-0.25, -0.2) is 0 Å². The Kier molecular flexibility index (Phi) is 6.87. The molecule has 0 amide bonds. The van der Waals surface area contributed by atoms with Gasteiger partial charge in [-0.05, 0) is 61.4 Å². The highest BCUT2D eigenvalue weighted by atomic mass is 31.2. The Labute approximate surface area is 197 Å². The van der Waals surface area contributed by atoms with E-state index in [0.717, 1.165) is 38.0 Å². The van der Waals surface area contributed by atoms with E-state index in [1.807, 2.05) is 24.4 Å². The van der Waals surface area contributed by atoms with Crippen LogP contribution in [0.1, 0.15) is 18.1 Å². The predicted octanol–water partition coefficient (Wildman–Crippen LogP) is 6.14. The molecule has 0 bridgehead atoms. The molecular weight excluding hydrogens is 421 g/mol. The summed E-state index contributed by atoms with van der Waals surface area (Å²) < 4.78 is 0. The lowest BCUT2D eigenvalue weighted by Gasteiger charge is -2.28. The van der Waals surface area contributed by atoms with Crippen molar-refractivity contribution in [2.24, 2.45) is 0 Å². The topological polar surface area (TPSA) is 29.1 Å². The summed E-state index contributed by atoms with van der Waals surface area (Å²) in [6.45, 7) is 5.86. The highest BCUT2D eigenvalue weighted by Crippen LogP contribution is 2.62. The molecule has 0 radical (unpaired) electrons. The Morgan fingerprint density at radius 2 is 1.03 bits per heavy atom. The van der Waals surface area contributed by atoms with Crippen LogP contribution in [0.3, 0.4) is 0 Å². The fraction of sp³-hybridized carbons (Fsp3) is 0.100. The molecule has 33 heavy (non-hydrogen) atoms. The number of carbonyl (C=O) groups excluding carboxylic acids is 1. The Balaban J connectivity index is 2.05. The van der Waals surface area contributed by atoms with Crippen LogP contribution in [0, 0.1) is 13.8 Å². The van der Waals surface area contributed by atoms with Crippen molar-refractivity contribution in [3.63, 3.8) is 0 Å². The molecule has 4 aromatic carbocycles. The first kappa shape index (κ1) is 22.7. The van der Waals surface area contributed by atoms with Gasteiger partial charge in [-0.3, -0.25) is 4.79 Å². The Morgan fingerprint density at radius 3 is 1.39 bits per heavy atom. The van der Waals surface area contributed by atoms with Crippen molar-refractivity contribution >= 4 is 34.6 Å². The van der Waals surface area contributed by atoms with Gasteiger partial charge in [0, 0.05) is 18.8 Å². The summed E-state index contributed by atoms with van der Waals surface area (Å²) in [6, 6.07) is 37.6. The third-order valence-corrected chi connectivity index (χ3v) is 10.4. The molecule has 0 unspecified atom stereocenters. The lowest BCUT2D eigenvalue weighted by Crippen LogP contribution is -2.34. The molecule has 4 aromatic rings. The second-order valence-corrected chi connectivity index (χ2v) is 11.5. The number of allylic oxidation sites excluding steroid dienone is 1. The minimum atomic E-state index is -2.44. The highest BCUT2D eigenvalue weighted by molar-refractivity contribution is 7.99. The lowest BCUT2D eigenvalue weighted by molar-refractivity contribution is -0.113. The van der Waals surface area contributed by atoms with Gasteiger partial charge in [-0.15, -0.1) is 0 Å². The zero-order chi connectivity index (χ0) is 23.3. The van der Waals surface area contributed by atoms with E-state index in [-0.39, 0.29) is 5.78 Å². The zero-order valence-electron chi connectivity index (χ0n) is 19.3. The molecule has 0 spiro atoms. The summed E-state index contributed by atoms with van der Waals surface area (Å²) in [5, 5.41) is 7.80. The van der Waals surface area contributed by atoms with E-state index < -0.39 is 7.26 Å². The van der Waals surface area contributed by atoms with E-state index in [1.165, 1.54) is 0 Å². The lowest BCUT2D eigenvalue weighted by atomic mass is 10.1. The van der Waals surface area contributed by atoms with Gasteiger partial charge < -0.3 is 5.32 Å². The number of anilines is 1. The van der Waals surface area contributed by atoms with Crippen LogP contribution in [-0.2, 0) is 4.79 Å². The average Bonchev–Trinajstić information content (AvgIpc) is 2.85. The second-order valence-electron chi connectivity index (χ2n) is 8.17. The van der Waals surface area contributed by atoms with Gasteiger partial charge in [0.2, 0.25) is 0 Å². The molecule has 0 saturated heterocycles. The number of hydrogen-bond acceptors (Lipinski definition) is 2. The number of aryl methyl sites for hydroxylation is 2. The fourth-order valence-corrected chi connectivity index (χ4v) is 8.75. The third-order valence-electron chi connectivity index (χ3n) is 5.99. The summed E-state index contributed by atoms with van der Waals surface area (Å²) in [6.07, 6.45) is 1.96. The van der Waals surface area contributed by atoms with Crippen LogP contribution < -0.4 is 21.2 Å². The number of hydrogen-bond donors (Lipinski definition) is 1. The number of para-hydroxylation sites is 1. The maximum absolute atomic E-state index is 13.4. The first-order valence-corrected chi connectivity index (χ1v) is 12.9. The summed E-state index contributed by atoms with van der Waals surface area (Å²) in [7, 11) is -2.44. The minimum Gasteiger partial charge on any atom is -0.358 e. The largest absolute Gasteiger partial charge is 0.358 e. The first-order valence-electron chi connectivity index (χ1n) is 11.2. The molecule has 0 aliphatic carbocycles. The van der Waals surface area contributed by atoms with Gasteiger partial charge in [0.1, 0.15) is 23.2 Å². The highest BCUT2D eigenvalue weighted by Gasteiger charge is 2.51. The van der Waals surface area contributed by atoms with Gasteiger partial charge in [0.05, 0.1) is 0 Å². The maximum atomic E-state index is 13.4. The van der Waals surface area contributed by atoms with E-state index in [2.05, 4.69) is 110 Å². The molecule has 2 nitrogen and oxygen atoms in total. The quantitative estimate of drug-likeness (QED) is 0.271. The van der Waals surface area contributed by atoms with Gasteiger partial charge in [0.25, 0.3) is 0 Å². The standard InChI is InChI=1S/C30H28NOP/c1-23-14-13-15-24(2)30(23)31-22-29(25(3)32)33(26-16-7-4-8-17-26,27-18-9-5-10-19-27)28-20-11-6-12-21-28/h4-22H,1-3H3/p+1. The molecule has 0 heterocycles. The SMILES string of the molecule is CC(=O)C(=CNc1c(C)cccc1C)[P+](c1ccccc1)(c1ccccc1)c1ccccc1. The maximum Gasteiger partial charge on any atom is 0.197 e. The molecule has 0 atom stereocenters. The van der Waals surface area contributed by atoms with Gasteiger partial charge in [-0.2, -0.15) is 0 Å². The summed E-state index contributed by atoms with van der Waals surface area (Å²) in [5.74, 6) is 0.0682. The van der Waals surface area contributed by atoms with Gasteiger partial charge >= 0.3 is 0 Å². The van der Waals surface area contributed by atoms with Crippen molar-refractivity contribution < 1.29 is 4.79 Å². The second kappa shape index (κ2) is 9.98. The van der Waals surface area contributed by atoms with Gasteiger partial charge in [-0.1, -0.05) is 72.8 Å². The van der Waals surface area contributed by atoms with Crippen LogP contribution in [0.2, 0.25) is 0 Å². The Bertz CT molecular complexity index is 1150. The van der Waals surface area contributed by atoms with Crippen molar-refractivity contribution in [2.45, 2.75) is 20.8 Å². The average molecular weight is 451 g/mol.